The van der Waals surface area contributed by atoms with Crippen LogP contribution < -0.4 is 9.62 Å². The molecule has 1 atom stereocenters. The van der Waals surface area contributed by atoms with E-state index >= 15 is 0 Å². The average Bonchev–Trinajstić information content (AvgIpc) is 2.96. The minimum atomic E-state index is -4.87. The van der Waals surface area contributed by atoms with Crippen molar-refractivity contribution in [2.45, 2.75) is 57.1 Å². The summed E-state index contributed by atoms with van der Waals surface area (Å²) in [7, 11) is -4.53. The first kappa shape index (κ1) is 33.9. The third-order valence-electron chi connectivity index (χ3n) is 6.91. The molecule has 0 radical (unpaired) electrons. The summed E-state index contributed by atoms with van der Waals surface area (Å²) in [4.78, 5) is 27.9. The fourth-order valence-electron chi connectivity index (χ4n) is 4.36. The third-order valence-corrected chi connectivity index (χ3v) is 9.03. The zero-order valence-corrected chi connectivity index (χ0v) is 25.8. The summed E-state index contributed by atoms with van der Waals surface area (Å²) in [5, 5.41) is 2.18. The lowest BCUT2D eigenvalue weighted by Crippen LogP contribution is -2.52. The Morgan fingerprint density at radius 2 is 1.65 bits per heavy atom. The van der Waals surface area contributed by atoms with Crippen LogP contribution in [-0.4, -0.2) is 50.8 Å². The minimum absolute atomic E-state index is 0.0675. The Morgan fingerprint density at radius 1 is 1.00 bits per heavy atom. The molecule has 3 aromatic carbocycles. The highest BCUT2D eigenvalue weighted by atomic mass is 35.5. The smallest absolute Gasteiger partial charge is 0.354 e. The minimum Gasteiger partial charge on any atom is -0.354 e. The zero-order chi connectivity index (χ0) is 31.8. The number of hydrogen-bond acceptors (Lipinski definition) is 4. The van der Waals surface area contributed by atoms with Gasteiger partial charge in [-0.05, 0) is 62.6 Å². The number of sulfonamides is 1. The number of carbonyl (C=O) groups is 2. The fraction of sp³-hybridized carbons (Fsp3) is 0.355. The molecule has 0 bridgehead atoms. The molecule has 3 rings (SSSR count). The Balaban J connectivity index is 2.05. The predicted octanol–water partition coefficient (Wildman–Crippen LogP) is 6.24. The van der Waals surface area contributed by atoms with Crippen LogP contribution in [0.15, 0.2) is 77.7 Å². The number of hydrogen-bond donors (Lipinski definition) is 1. The van der Waals surface area contributed by atoms with Gasteiger partial charge in [0.25, 0.3) is 10.0 Å². The van der Waals surface area contributed by atoms with Crippen LogP contribution in [0.1, 0.15) is 43.4 Å². The van der Waals surface area contributed by atoms with Gasteiger partial charge in [0.15, 0.2) is 0 Å². The van der Waals surface area contributed by atoms with E-state index in [9.17, 15) is 31.2 Å². The Hall–Kier alpha value is -3.57. The molecule has 0 heterocycles. The number of alkyl halides is 3. The molecule has 1 N–H and O–H groups in total. The van der Waals surface area contributed by atoms with E-state index in [-0.39, 0.29) is 11.4 Å². The van der Waals surface area contributed by atoms with Crippen molar-refractivity contribution in [2.24, 2.45) is 0 Å². The van der Waals surface area contributed by atoms with E-state index in [2.05, 4.69) is 5.32 Å². The second-order valence-electron chi connectivity index (χ2n) is 10.1. The van der Waals surface area contributed by atoms with Crippen molar-refractivity contribution in [3.8, 4) is 0 Å². The summed E-state index contributed by atoms with van der Waals surface area (Å²) < 4.78 is 69.6. The molecule has 0 aliphatic rings. The second-order valence-corrected chi connectivity index (χ2v) is 12.4. The van der Waals surface area contributed by atoms with Crippen molar-refractivity contribution in [3.63, 3.8) is 0 Å². The number of carbonyl (C=O) groups excluding carboxylic acids is 2. The number of unbranched alkanes of at least 4 members (excludes halogenated alkanes) is 1. The molecule has 0 unspecified atom stereocenters. The van der Waals surface area contributed by atoms with Gasteiger partial charge in [-0.25, -0.2) is 8.42 Å². The third kappa shape index (κ3) is 8.96. The van der Waals surface area contributed by atoms with Gasteiger partial charge in [0.2, 0.25) is 11.8 Å². The SMILES string of the molecule is CCCCNC(=O)[C@@H](C)N(CCc1ccccc1)C(=O)CN(c1ccc(Cl)c(C(F)(F)F)c1)S(=O)(=O)c1ccc(C)cc1. The molecule has 0 aliphatic carbocycles. The van der Waals surface area contributed by atoms with E-state index in [4.69, 9.17) is 11.6 Å². The van der Waals surface area contributed by atoms with Gasteiger partial charge in [-0.1, -0.05) is 73.0 Å². The van der Waals surface area contributed by atoms with Crippen LogP contribution in [-0.2, 0) is 32.2 Å². The molecule has 0 aliphatic heterocycles. The number of rotatable bonds is 13. The molecule has 0 fully saturated rings. The van der Waals surface area contributed by atoms with E-state index in [1.165, 1.54) is 24.0 Å². The molecular formula is C31H35ClF3N3O4S. The van der Waals surface area contributed by atoms with E-state index in [1.807, 2.05) is 37.3 Å². The summed E-state index contributed by atoms with van der Waals surface area (Å²) in [6, 6.07) is 16.6. The number of amides is 2. The molecule has 232 valence electrons. The van der Waals surface area contributed by atoms with Crippen LogP contribution in [0, 0.1) is 6.92 Å². The molecule has 0 aromatic heterocycles. The van der Waals surface area contributed by atoms with E-state index in [0.29, 0.717) is 23.3 Å². The van der Waals surface area contributed by atoms with Crippen molar-refractivity contribution in [2.75, 3.05) is 23.9 Å². The van der Waals surface area contributed by atoms with Crippen LogP contribution in [0.4, 0.5) is 18.9 Å². The summed E-state index contributed by atoms with van der Waals surface area (Å²) in [6.07, 6.45) is -2.93. The van der Waals surface area contributed by atoms with Crippen LogP contribution in [0.3, 0.4) is 0 Å². The molecular weight excluding hydrogens is 603 g/mol. The van der Waals surface area contributed by atoms with Gasteiger partial charge in [0.05, 0.1) is 21.2 Å². The molecule has 2 amide bonds. The van der Waals surface area contributed by atoms with Gasteiger partial charge in [-0.2, -0.15) is 13.2 Å². The molecule has 0 saturated heterocycles. The highest BCUT2D eigenvalue weighted by Gasteiger charge is 2.36. The van der Waals surface area contributed by atoms with Crippen molar-refractivity contribution in [3.05, 3.63) is 94.5 Å². The van der Waals surface area contributed by atoms with Gasteiger partial charge >= 0.3 is 6.18 Å². The standard InChI is InChI=1S/C31H35ClF3N3O4S/c1-4-5-18-36-30(40)23(3)37(19-17-24-9-7-6-8-10-24)29(39)21-38(43(41,42)26-14-11-22(2)12-15-26)25-13-16-28(32)27(20-25)31(33,34)35/h6-16,20,23H,4-5,17-19,21H2,1-3H3,(H,36,40)/t23-/m1/s1. The first-order chi connectivity index (χ1) is 20.3. The highest BCUT2D eigenvalue weighted by molar-refractivity contribution is 7.92. The van der Waals surface area contributed by atoms with Gasteiger partial charge in [-0.3, -0.25) is 13.9 Å². The van der Waals surface area contributed by atoms with Gasteiger partial charge < -0.3 is 10.2 Å². The Labute approximate surface area is 255 Å². The predicted molar refractivity (Wildman–Crippen MR) is 161 cm³/mol. The highest BCUT2D eigenvalue weighted by Crippen LogP contribution is 2.38. The summed E-state index contributed by atoms with van der Waals surface area (Å²) in [5.74, 6) is -1.18. The number of nitrogens with one attached hydrogen (secondary N) is 1. The molecule has 7 nitrogen and oxygen atoms in total. The quantitative estimate of drug-likeness (QED) is 0.225. The van der Waals surface area contributed by atoms with E-state index < -0.39 is 56.9 Å². The topological polar surface area (TPSA) is 86.8 Å². The lowest BCUT2D eigenvalue weighted by Gasteiger charge is -2.32. The number of aryl methyl sites for hydroxylation is 1. The molecule has 43 heavy (non-hydrogen) atoms. The van der Waals surface area contributed by atoms with Crippen LogP contribution in [0.5, 0.6) is 0 Å². The second kappa shape index (κ2) is 14.7. The first-order valence-electron chi connectivity index (χ1n) is 13.8. The van der Waals surface area contributed by atoms with Gasteiger partial charge in [0, 0.05) is 13.1 Å². The molecule has 0 saturated carbocycles. The van der Waals surface area contributed by atoms with E-state index in [1.54, 1.807) is 19.1 Å². The van der Waals surface area contributed by atoms with Crippen molar-refractivity contribution < 1.29 is 31.2 Å². The Bertz CT molecular complexity index is 1500. The largest absolute Gasteiger partial charge is 0.417 e. The van der Waals surface area contributed by atoms with Crippen molar-refractivity contribution >= 4 is 39.1 Å². The molecule has 12 heteroatoms. The normalized spacial score (nSPS) is 12.4. The fourth-order valence-corrected chi connectivity index (χ4v) is 5.99. The van der Waals surface area contributed by atoms with Gasteiger partial charge in [-0.15, -0.1) is 0 Å². The number of halogens is 4. The van der Waals surface area contributed by atoms with Crippen LogP contribution >= 0.6 is 11.6 Å². The van der Waals surface area contributed by atoms with Crippen molar-refractivity contribution in [1.82, 2.24) is 10.2 Å². The summed E-state index contributed by atoms with van der Waals surface area (Å²) >= 11 is 5.81. The first-order valence-corrected chi connectivity index (χ1v) is 15.6. The Morgan fingerprint density at radius 3 is 2.26 bits per heavy atom. The molecule has 0 spiro atoms. The monoisotopic (exact) mass is 637 g/mol. The number of benzene rings is 3. The van der Waals surface area contributed by atoms with E-state index in [0.717, 1.165) is 36.1 Å². The number of anilines is 1. The van der Waals surface area contributed by atoms with Gasteiger partial charge in [0.1, 0.15) is 12.6 Å². The maximum absolute atomic E-state index is 13.9. The molecule has 3 aromatic rings. The summed E-state index contributed by atoms with van der Waals surface area (Å²) in [6.45, 7) is 4.88. The van der Waals surface area contributed by atoms with Crippen molar-refractivity contribution in [1.29, 1.82) is 0 Å². The average molecular weight is 638 g/mol. The Kier molecular flexibility index (Phi) is 11.6. The summed E-state index contributed by atoms with van der Waals surface area (Å²) in [5.41, 5.74) is 0.0134. The van der Waals surface area contributed by atoms with Crippen LogP contribution in [0.2, 0.25) is 5.02 Å². The lowest BCUT2D eigenvalue weighted by atomic mass is 10.1. The maximum Gasteiger partial charge on any atom is 0.417 e. The zero-order valence-electron chi connectivity index (χ0n) is 24.2. The maximum atomic E-state index is 13.9. The lowest BCUT2D eigenvalue weighted by molar-refractivity contribution is -0.138. The number of nitrogens with zero attached hydrogens (tertiary/aromatic N) is 2. The van der Waals surface area contributed by atoms with Crippen LogP contribution in [0.25, 0.3) is 0 Å².